The molecular weight excluding hydrogens is 312 g/mol. The highest BCUT2D eigenvalue weighted by atomic mass is 16.3. The maximum atomic E-state index is 12.3. The Morgan fingerprint density at radius 1 is 1.24 bits per heavy atom. The molecule has 0 bridgehead atoms. The molecule has 0 aromatic heterocycles. The van der Waals surface area contributed by atoms with Gasteiger partial charge in [0.15, 0.2) is 0 Å². The van der Waals surface area contributed by atoms with Crippen molar-refractivity contribution in [1.29, 1.82) is 0 Å². The molecule has 1 aliphatic rings. The summed E-state index contributed by atoms with van der Waals surface area (Å²) in [7, 11) is 0. The Morgan fingerprint density at radius 2 is 2.00 bits per heavy atom. The van der Waals surface area contributed by atoms with Gasteiger partial charge in [0, 0.05) is 24.6 Å². The van der Waals surface area contributed by atoms with Crippen LogP contribution in [0.1, 0.15) is 41.6 Å². The zero-order valence-electron chi connectivity index (χ0n) is 15.0. The monoisotopic (exact) mass is 338 g/mol. The van der Waals surface area contributed by atoms with E-state index in [1.165, 1.54) is 11.1 Å². The molecule has 0 saturated carbocycles. The number of aryl methyl sites for hydroxylation is 2. The van der Waals surface area contributed by atoms with Gasteiger partial charge in [-0.3, -0.25) is 4.79 Å². The first kappa shape index (κ1) is 17.6. The number of amides is 1. The van der Waals surface area contributed by atoms with Crippen LogP contribution in [0.5, 0.6) is 0 Å². The second-order valence-electron chi connectivity index (χ2n) is 7.09. The van der Waals surface area contributed by atoms with Crippen molar-refractivity contribution in [3.63, 3.8) is 0 Å². The van der Waals surface area contributed by atoms with Crippen molar-refractivity contribution < 1.29 is 9.90 Å². The van der Waals surface area contributed by atoms with Crippen LogP contribution in [0.3, 0.4) is 0 Å². The van der Waals surface area contributed by atoms with Crippen LogP contribution in [0.25, 0.3) is 0 Å². The normalized spacial score (nSPS) is 20.2. The molecule has 2 aromatic carbocycles. The number of carbonyl (C=O) groups is 1. The highest BCUT2D eigenvalue weighted by Crippen LogP contribution is 2.31. The number of anilines is 1. The molecule has 1 unspecified atom stereocenters. The van der Waals surface area contributed by atoms with E-state index in [4.69, 9.17) is 0 Å². The van der Waals surface area contributed by atoms with E-state index in [0.29, 0.717) is 12.8 Å². The van der Waals surface area contributed by atoms with Crippen LogP contribution in [0, 0.1) is 13.8 Å². The fourth-order valence-electron chi connectivity index (χ4n) is 3.57. The van der Waals surface area contributed by atoms with Gasteiger partial charge >= 0.3 is 0 Å². The summed E-state index contributed by atoms with van der Waals surface area (Å²) in [4.78, 5) is 12.3. The molecule has 2 aromatic rings. The minimum absolute atomic E-state index is 0.0206. The highest BCUT2D eigenvalue weighted by Gasteiger charge is 2.31. The number of aliphatic hydroxyl groups is 1. The molecule has 0 radical (unpaired) electrons. The van der Waals surface area contributed by atoms with E-state index in [1.54, 1.807) is 0 Å². The molecular formula is C21H26N2O2. The lowest BCUT2D eigenvalue weighted by atomic mass is 10.1. The van der Waals surface area contributed by atoms with Crippen LogP contribution in [-0.4, -0.2) is 23.2 Å². The average molecular weight is 338 g/mol. The summed E-state index contributed by atoms with van der Waals surface area (Å²) < 4.78 is 0. The molecule has 0 heterocycles. The van der Waals surface area contributed by atoms with Crippen molar-refractivity contribution in [3.8, 4) is 0 Å². The Labute approximate surface area is 149 Å². The van der Waals surface area contributed by atoms with Gasteiger partial charge < -0.3 is 15.7 Å². The number of hydrogen-bond donors (Lipinski definition) is 3. The fourth-order valence-corrected chi connectivity index (χ4v) is 3.57. The number of benzene rings is 2. The van der Waals surface area contributed by atoms with Gasteiger partial charge in [-0.2, -0.15) is 0 Å². The molecule has 4 nitrogen and oxygen atoms in total. The number of carbonyl (C=O) groups excluding carboxylic acids is 1. The van der Waals surface area contributed by atoms with Gasteiger partial charge in [0.05, 0.1) is 12.1 Å². The maximum Gasteiger partial charge on any atom is 0.225 e. The smallest absolute Gasteiger partial charge is 0.225 e. The lowest BCUT2D eigenvalue weighted by Gasteiger charge is -2.23. The van der Waals surface area contributed by atoms with E-state index in [1.807, 2.05) is 51.1 Å². The molecule has 3 N–H and O–H groups in total. The van der Waals surface area contributed by atoms with Crippen LogP contribution in [0.15, 0.2) is 42.5 Å². The maximum absolute atomic E-state index is 12.3. The number of hydrogen-bond acceptors (Lipinski definition) is 3. The minimum atomic E-state index is -0.442. The quantitative estimate of drug-likeness (QED) is 0.784. The van der Waals surface area contributed by atoms with E-state index >= 15 is 0 Å². The van der Waals surface area contributed by atoms with Gasteiger partial charge in [0.1, 0.15) is 0 Å². The molecule has 1 amide bonds. The first-order chi connectivity index (χ1) is 11.9. The zero-order valence-corrected chi connectivity index (χ0v) is 15.0. The summed E-state index contributed by atoms with van der Waals surface area (Å²) in [5.74, 6) is -0.0206. The molecule has 0 spiro atoms. The summed E-state index contributed by atoms with van der Waals surface area (Å²) >= 11 is 0. The molecule has 0 fully saturated rings. The Hall–Kier alpha value is -2.17. The van der Waals surface area contributed by atoms with Crippen LogP contribution >= 0.6 is 0 Å². The van der Waals surface area contributed by atoms with Crippen LogP contribution < -0.4 is 10.6 Å². The van der Waals surface area contributed by atoms with Crippen LogP contribution in [0.4, 0.5) is 5.69 Å². The zero-order chi connectivity index (χ0) is 18.0. The standard InChI is InChI=1S/C21H26N2O2/c1-13-8-9-18(14(2)10-13)23-20(25)11-15(3)22-21-17-7-5-4-6-16(17)12-19(21)24/h4-10,15,19,21-22,24H,11-12H2,1-3H3,(H,23,25)/t15?,19-,21+/m0/s1. The summed E-state index contributed by atoms with van der Waals surface area (Å²) in [5, 5.41) is 16.7. The lowest BCUT2D eigenvalue weighted by molar-refractivity contribution is -0.116. The number of nitrogens with one attached hydrogen (secondary N) is 2. The Morgan fingerprint density at radius 3 is 2.76 bits per heavy atom. The molecule has 4 heteroatoms. The number of fused-ring (bicyclic) bond motifs is 1. The topological polar surface area (TPSA) is 61.4 Å². The predicted octanol–water partition coefficient (Wildman–Crippen LogP) is 3.27. The third-order valence-corrected chi connectivity index (χ3v) is 4.82. The van der Waals surface area contributed by atoms with Crippen molar-refractivity contribution in [3.05, 3.63) is 64.7 Å². The van der Waals surface area contributed by atoms with Crippen LogP contribution in [-0.2, 0) is 11.2 Å². The average Bonchev–Trinajstić information content (AvgIpc) is 2.86. The second-order valence-corrected chi connectivity index (χ2v) is 7.09. The number of rotatable bonds is 5. The van der Waals surface area contributed by atoms with Crippen molar-refractivity contribution in [2.24, 2.45) is 0 Å². The predicted molar refractivity (Wildman–Crippen MR) is 101 cm³/mol. The van der Waals surface area contributed by atoms with E-state index < -0.39 is 6.10 Å². The largest absolute Gasteiger partial charge is 0.391 e. The van der Waals surface area contributed by atoms with Gasteiger partial charge in [0.2, 0.25) is 5.91 Å². The summed E-state index contributed by atoms with van der Waals surface area (Å²) in [6.45, 7) is 6.01. The molecule has 25 heavy (non-hydrogen) atoms. The Bertz CT molecular complexity index is 772. The fraction of sp³-hybridized carbons (Fsp3) is 0.381. The van der Waals surface area contributed by atoms with Gasteiger partial charge in [-0.1, -0.05) is 42.0 Å². The summed E-state index contributed by atoms with van der Waals surface area (Å²) in [6.07, 6.45) is 0.579. The van der Waals surface area contributed by atoms with Crippen molar-refractivity contribution in [2.45, 2.75) is 51.8 Å². The van der Waals surface area contributed by atoms with E-state index in [9.17, 15) is 9.90 Å². The second kappa shape index (κ2) is 7.38. The summed E-state index contributed by atoms with van der Waals surface area (Å²) in [5.41, 5.74) is 5.42. The molecule has 0 aliphatic heterocycles. The Kier molecular flexibility index (Phi) is 5.21. The molecule has 0 saturated heterocycles. The van der Waals surface area contributed by atoms with E-state index in [0.717, 1.165) is 16.8 Å². The third kappa shape index (κ3) is 4.09. The SMILES string of the molecule is Cc1ccc(NC(=O)CC(C)N[C@@H]2c3ccccc3C[C@@H]2O)c(C)c1. The Balaban J connectivity index is 1.59. The lowest BCUT2D eigenvalue weighted by Crippen LogP contribution is -2.37. The number of aliphatic hydroxyl groups excluding tert-OH is 1. The molecule has 132 valence electrons. The summed E-state index contributed by atoms with van der Waals surface area (Å²) in [6, 6.07) is 13.9. The van der Waals surface area contributed by atoms with Gasteiger partial charge in [-0.05, 0) is 43.5 Å². The first-order valence-electron chi connectivity index (χ1n) is 8.83. The molecule has 3 rings (SSSR count). The molecule has 1 aliphatic carbocycles. The minimum Gasteiger partial charge on any atom is -0.391 e. The van der Waals surface area contributed by atoms with Crippen molar-refractivity contribution >= 4 is 11.6 Å². The van der Waals surface area contributed by atoms with Gasteiger partial charge in [-0.25, -0.2) is 0 Å². The van der Waals surface area contributed by atoms with Gasteiger partial charge in [0.25, 0.3) is 0 Å². The molecule has 3 atom stereocenters. The van der Waals surface area contributed by atoms with E-state index in [2.05, 4.69) is 22.8 Å². The van der Waals surface area contributed by atoms with Crippen molar-refractivity contribution in [1.82, 2.24) is 5.32 Å². The van der Waals surface area contributed by atoms with E-state index in [-0.39, 0.29) is 18.0 Å². The van der Waals surface area contributed by atoms with Gasteiger partial charge in [-0.15, -0.1) is 0 Å². The van der Waals surface area contributed by atoms with Crippen LogP contribution in [0.2, 0.25) is 0 Å². The first-order valence-corrected chi connectivity index (χ1v) is 8.83. The third-order valence-electron chi connectivity index (χ3n) is 4.82. The highest BCUT2D eigenvalue weighted by molar-refractivity contribution is 5.91. The van der Waals surface area contributed by atoms with Crippen molar-refractivity contribution in [2.75, 3.05) is 5.32 Å².